The molecular formula is C9H12INO3. The van der Waals surface area contributed by atoms with Crippen LogP contribution in [-0.2, 0) is 5.54 Å². The zero-order chi connectivity index (χ0) is 10.8. The van der Waals surface area contributed by atoms with Gasteiger partial charge in [-0.25, -0.2) is 0 Å². The molecule has 1 aromatic heterocycles. The van der Waals surface area contributed by atoms with E-state index in [2.05, 4.69) is 0 Å². The standard InChI is InChI=1S/C9H12INO3/c1-9(5-12,6-13)11-4-2-3-7(10)8(11)14/h2-4,12-13H,5-6H2,1H3. The molecule has 1 aromatic rings. The number of aromatic nitrogens is 1. The highest BCUT2D eigenvalue weighted by atomic mass is 127. The second kappa shape index (κ2) is 4.41. The number of nitrogens with zero attached hydrogens (tertiary/aromatic N) is 1. The maximum atomic E-state index is 11.7. The Morgan fingerprint density at radius 2 is 2.07 bits per heavy atom. The number of aliphatic hydroxyl groups excluding tert-OH is 2. The Kier molecular flexibility index (Phi) is 3.68. The quantitative estimate of drug-likeness (QED) is 0.782. The van der Waals surface area contributed by atoms with E-state index in [0.29, 0.717) is 3.57 Å². The van der Waals surface area contributed by atoms with Crippen LogP contribution in [0.4, 0.5) is 0 Å². The van der Waals surface area contributed by atoms with Crippen molar-refractivity contribution >= 4 is 22.6 Å². The first kappa shape index (κ1) is 11.7. The van der Waals surface area contributed by atoms with Crippen LogP contribution in [0.15, 0.2) is 23.1 Å². The fourth-order valence-electron chi connectivity index (χ4n) is 1.10. The summed E-state index contributed by atoms with van der Waals surface area (Å²) in [6, 6.07) is 3.40. The molecule has 0 amide bonds. The topological polar surface area (TPSA) is 62.5 Å². The van der Waals surface area contributed by atoms with Gasteiger partial charge < -0.3 is 14.8 Å². The van der Waals surface area contributed by atoms with Gasteiger partial charge in [-0.3, -0.25) is 4.79 Å². The molecule has 0 aliphatic heterocycles. The van der Waals surface area contributed by atoms with E-state index in [4.69, 9.17) is 10.2 Å². The summed E-state index contributed by atoms with van der Waals surface area (Å²) in [6.45, 7) is 1.08. The molecule has 0 atom stereocenters. The van der Waals surface area contributed by atoms with Gasteiger partial charge in [-0.2, -0.15) is 0 Å². The van der Waals surface area contributed by atoms with Gasteiger partial charge in [0.25, 0.3) is 5.56 Å². The summed E-state index contributed by atoms with van der Waals surface area (Å²) in [5.41, 5.74) is -1.13. The molecule has 0 bridgehead atoms. The monoisotopic (exact) mass is 309 g/mol. The molecule has 2 N–H and O–H groups in total. The Labute approximate surface area is 95.3 Å². The van der Waals surface area contributed by atoms with E-state index in [-0.39, 0.29) is 18.8 Å². The maximum absolute atomic E-state index is 11.7. The summed E-state index contributed by atoms with van der Waals surface area (Å²) in [4.78, 5) is 11.7. The Morgan fingerprint density at radius 1 is 1.50 bits per heavy atom. The second-order valence-electron chi connectivity index (χ2n) is 3.34. The first-order chi connectivity index (χ1) is 6.55. The number of hydrogen-bond donors (Lipinski definition) is 2. The third kappa shape index (κ3) is 1.99. The van der Waals surface area contributed by atoms with Gasteiger partial charge in [-0.05, 0) is 41.6 Å². The minimum absolute atomic E-state index is 0.196. The molecule has 78 valence electrons. The van der Waals surface area contributed by atoms with E-state index in [1.165, 1.54) is 4.57 Å². The molecular weight excluding hydrogens is 297 g/mol. The van der Waals surface area contributed by atoms with E-state index >= 15 is 0 Å². The van der Waals surface area contributed by atoms with Gasteiger partial charge in [0.1, 0.15) is 0 Å². The van der Waals surface area contributed by atoms with E-state index in [1.54, 1.807) is 25.3 Å². The zero-order valence-corrected chi connectivity index (χ0v) is 9.93. The number of rotatable bonds is 3. The van der Waals surface area contributed by atoms with Crippen molar-refractivity contribution in [1.82, 2.24) is 4.57 Å². The molecule has 1 rings (SSSR count). The molecule has 0 radical (unpaired) electrons. The summed E-state index contributed by atoms with van der Waals surface area (Å²) < 4.78 is 1.92. The van der Waals surface area contributed by atoms with Crippen molar-refractivity contribution in [2.45, 2.75) is 12.5 Å². The van der Waals surface area contributed by atoms with Gasteiger partial charge in [0.15, 0.2) is 0 Å². The van der Waals surface area contributed by atoms with Crippen molar-refractivity contribution in [1.29, 1.82) is 0 Å². The SMILES string of the molecule is CC(CO)(CO)n1cccc(I)c1=O. The average Bonchev–Trinajstić information content (AvgIpc) is 2.21. The molecule has 0 aliphatic carbocycles. The lowest BCUT2D eigenvalue weighted by atomic mass is 10.1. The van der Waals surface area contributed by atoms with Gasteiger partial charge in [0, 0.05) is 6.20 Å². The van der Waals surface area contributed by atoms with Crippen molar-refractivity contribution in [3.8, 4) is 0 Å². The molecule has 1 heterocycles. The maximum Gasteiger partial charge on any atom is 0.264 e. The van der Waals surface area contributed by atoms with Crippen LogP contribution in [0, 0.1) is 3.57 Å². The smallest absolute Gasteiger partial charge is 0.264 e. The lowest BCUT2D eigenvalue weighted by molar-refractivity contribution is 0.0749. The second-order valence-corrected chi connectivity index (χ2v) is 4.51. The molecule has 0 aliphatic rings. The van der Waals surface area contributed by atoms with Crippen LogP contribution in [0.25, 0.3) is 0 Å². The summed E-state index contributed by atoms with van der Waals surface area (Å²) in [7, 11) is 0. The van der Waals surface area contributed by atoms with Gasteiger partial charge >= 0.3 is 0 Å². The van der Waals surface area contributed by atoms with Crippen LogP contribution in [-0.4, -0.2) is 28.0 Å². The van der Waals surface area contributed by atoms with Crippen molar-refractivity contribution < 1.29 is 10.2 Å². The number of pyridine rings is 1. The fourth-order valence-corrected chi connectivity index (χ4v) is 1.56. The van der Waals surface area contributed by atoms with Crippen LogP contribution in [0.5, 0.6) is 0 Å². The highest BCUT2D eigenvalue weighted by Gasteiger charge is 2.25. The lowest BCUT2D eigenvalue weighted by Gasteiger charge is -2.27. The van der Waals surface area contributed by atoms with Crippen LogP contribution in [0.2, 0.25) is 0 Å². The van der Waals surface area contributed by atoms with Crippen LogP contribution in [0.3, 0.4) is 0 Å². The predicted molar refractivity (Wildman–Crippen MR) is 61.2 cm³/mol. The predicted octanol–water partition coefficient (Wildman–Crippen LogP) is 0.153. The first-order valence-corrected chi connectivity index (χ1v) is 5.22. The number of halogens is 1. The van der Waals surface area contributed by atoms with E-state index in [1.807, 2.05) is 22.6 Å². The minimum Gasteiger partial charge on any atom is -0.394 e. The Balaban J connectivity index is 3.31. The zero-order valence-electron chi connectivity index (χ0n) is 7.77. The third-order valence-electron chi connectivity index (χ3n) is 2.16. The van der Waals surface area contributed by atoms with Gasteiger partial charge in [0.05, 0.1) is 22.3 Å². The van der Waals surface area contributed by atoms with Gasteiger partial charge in [0.2, 0.25) is 0 Å². The average molecular weight is 309 g/mol. The van der Waals surface area contributed by atoms with Crippen LogP contribution < -0.4 is 5.56 Å². The first-order valence-electron chi connectivity index (χ1n) is 4.14. The molecule has 0 fully saturated rings. The molecule has 4 nitrogen and oxygen atoms in total. The minimum atomic E-state index is -0.932. The highest BCUT2D eigenvalue weighted by Crippen LogP contribution is 2.12. The summed E-state index contributed by atoms with van der Waals surface area (Å²) in [6.07, 6.45) is 1.57. The summed E-state index contributed by atoms with van der Waals surface area (Å²) in [5, 5.41) is 18.3. The Morgan fingerprint density at radius 3 is 2.57 bits per heavy atom. The molecule has 0 saturated heterocycles. The molecule has 0 unspecified atom stereocenters. The highest BCUT2D eigenvalue weighted by molar-refractivity contribution is 14.1. The molecule has 0 aromatic carbocycles. The van der Waals surface area contributed by atoms with Crippen molar-refractivity contribution in [2.24, 2.45) is 0 Å². The fraction of sp³-hybridized carbons (Fsp3) is 0.444. The normalized spacial score (nSPS) is 11.7. The van der Waals surface area contributed by atoms with Crippen molar-refractivity contribution in [3.63, 3.8) is 0 Å². The number of aliphatic hydroxyl groups is 2. The Hall–Kier alpha value is -0.400. The molecule has 0 spiro atoms. The van der Waals surface area contributed by atoms with Crippen molar-refractivity contribution in [2.75, 3.05) is 13.2 Å². The third-order valence-corrected chi connectivity index (χ3v) is 2.98. The largest absolute Gasteiger partial charge is 0.394 e. The molecule has 5 heteroatoms. The number of hydrogen-bond acceptors (Lipinski definition) is 3. The van der Waals surface area contributed by atoms with Crippen molar-refractivity contribution in [3.05, 3.63) is 32.3 Å². The summed E-state index contributed by atoms with van der Waals surface area (Å²) >= 11 is 1.93. The van der Waals surface area contributed by atoms with E-state index in [9.17, 15) is 4.79 Å². The lowest BCUT2D eigenvalue weighted by Crippen LogP contribution is -2.44. The van der Waals surface area contributed by atoms with E-state index < -0.39 is 5.54 Å². The molecule has 0 saturated carbocycles. The van der Waals surface area contributed by atoms with Gasteiger partial charge in [-0.15, -0.1) is 0 Å². The van der Waals surface area contributed by atoms with Crippen LogP contribution >= 0.6 is 22.6 Å². The van der Waals surface area contributed by atoms with Gasteiger partial charge in [-0.1, -0.05) is 0 Å². The molecule has 14 heavy (non-hydrogen) atoms. The van der Waals surface area contributed by atoms with E-state index in [0.717, 1.165) is 0 Å². The van der Waals surface area contributed by atoms with Crippen LogP contribution in [0.1, 0.15) is 6.92 Å². The summed E-state index contributed by atoms with van der Waals surface area (Å²) in [5.74, 6) is 0. The Bertz CT molecular complexity index is 371.